The SMILES string of the molecule is Cc1oc(=O)cc2c1[nH]c1ccccc12. The molecule has 0 radical (unpaired) electrons. The summed E-state index contributed by atoms with van der Waals surface area (Å²) in [5.74, 6) is 0.633. The maximum absolute atomic E-state index is 11.3. The molecular formula is C12H9NO2. The van der Waals surface area contributed by atoms with Crippen molar-refractivity contribution in [1.82, 2.24) is 4.98 Å². The normalized spacial score (nSPS) is 11.3. The highest BCUT2D eigenvalue weighted by Gasteiger charge is 2.07. The molecule has 0 bridgehead atoms. The third-order valence-electron chi connectivity index (χ3n) is 2.61. The van der Waals surface area contributed by atoms with Crippen molar-refractivity contribution >= 4 is 21.8 Å². The molecule has 0 spiro atoms. The average molecular weight is 199 g/mol. The van der Waals surface area contributed by atoms with Gasteiger partial charge >= 0.3 is 5.63 Å². The van der Waals surface area contributed by atoms with Crippen LogP contribution in [0, 0.1) is 6.92 Å². The minimum Gasteiger partial charge on any atom is -0.426 e. The molecule has 3 aromatic rings. The van der Waals surface area contributed by atoms with E-state index in [-0.39, 0.29) is 5.63 Å². The molecule has 0 aliphatic carbocycles. The summed E-state index contributed by atoms with van der Waals surface area (Å²) < 4.78 is 5.03. The predicted molar refractivity (Wildman–Crippen MR) is 59.1 cm³/mol. The molecule has 2 aromatic heterocycles. The van der Waals surface area contributed by atoms with Crippen LogP contribution in [0.3, 0.4) is 0 Å². The molecule has 0 unspecified atom stereocenters. The first-order chi connectivity index (χ1) is 7.25. The molecule has 0 saturated carbocycles. The van der Waals surface area contributed by atoms with Crippen molar-refractivity contribution in [3.05, 3.63) is 46.5 Å². The number of benzene rings is 1. The molecule has 74 valence electrons. The second kappa shape index (κ2) is 2.73. The van der Waals surface area contributed by atoms with Gasteiger partial charge in [0.1, 0.15) is 5.76 Å². The second-order valence-electron chi connectivity index (χ2n) is 3.58. The van der Waals surface area contributed by atoms with Crippen molar-refractivity contribution in [2.24, 2.45) is 0 Å². The Bertz CT molecular complexity index is 706. The van der Waals surface area contributed by atoms with Crippen molar-refractivity contribution < 1.29 is 4.42 Å². The molecule has 0 saturated heterocycles. The quantitative estimate of drug-likeness (QED) is 0.604. The number of rotatable bonds is 0. The Kier molecular flexibility index (Phi) is 1.51. The van der Waals surface area contributed by atoms with Crippen molar-refractivity contribution in [2.75, 3.05) is 0 Å². The van der Waals surface area contributed by atoms with Gasteiger partial charge in [-0.3, -0.25) is 0 Å². The third-order valence-corrected chi connectivity index (χ3v) is 2.61. The van der Waals surface area contributed by atoms with E-state index >= 15 is 0 Å². The lowest BCUT2D eigenvalue weighted by molar-refractivity contribution is 0.487. The third kappa shape index (κ3) is 1.09. The summed E-state index contributed by atoms with van der Waals surface area (Å²) in [6.07, 6.45) is 0. The maximum atomic E-state index is 11.3. The Balaban J connectivity index is 2.66. The molecule has 3 heteroatoms. The lowest BCUT2D eigenvalue weighted by Gasteiger charge is -1.92. The number of para-hydroxylation sites is 1. The Hall–Kier alpha value is -2.03. The molecule has 2 heterocycles. The molecule has 3 nitrogen and oxygen atoms in total. The standard InChI is InChI=1S/C12H9NO2/c1-7-12-9(6-11(14)15-7)8-4-2-3-5-10(8)13-12/h2-6,13H,1H3. The van der Waals surface area contributed by atoms with Gasteiger partial charge in [0.15, 0.2) is 0 Å². The fraction of sp³-hybridized carbons (Fsp3) is 0.0833. The van der Waals surface area contributed by atoms with Gasteiger partial charge in [-0.15, -0.1) is 0 Å². The number of H-pyrrole nitrogens is 1. The van der Waals surface area contributed by atoms with Crippen LogP contribution in [0.4, 0.5) is 0 Å². The van der Waals surface area contributed by atoms with E-state index in [0.717, 1.165) is 21.8 Å². The van der Waals surface area contributed by atoms with Crippen LogP contribution in [-0.2, 0) is 0 Å². The summed E-state index contributed by atoms with van der Waals surface area (Å²) in [6.45, 7) is 1.79. The van der Waals surface area contributed by atoms with Crippen molar-refractivity contribution in [3.8, 4) is 0 Å². The highest BCUT2D eigenvalue weighted by molar-refractivity contribution is 6.07. The van der Waals surface area contributed by atoms with E-state index in [9.17, 15) is 4.79 Å². The van der Waals surface area contributed by atoms with E-state index in [1.807, 2.05) is 24.3 Å². The Morgan fingerprint density at radius 2 is 2.00 bits per heavy atom. The van der Waals surface area contributed by atoms with Gasteiger partial charge in [0.05, 0.1) is 5.52 Å². The average Bonchev–Trinajstić information content (AvgIpc) is 2.57. The minimum atomic E-state index is -0.301. The molecule has 1 N–H and O–H groups in total. The molecule has 3 rings (SSSR count). The van der Waals surface area contributed by atoms with E-state index in [1.165, 1.54) is 6.07 Å². The van der Waals surface area contributed by atoms with Crippen molar-refractivity contribution in [1.29, 1.82) is 0 Å². The summed E-state index contributed by atoms with van der Waals surface area (Å²) in [5.41, 5.74) is 1.62. The van der Waals surface area contributed by atoms with Crippen LogP contribution in [0.2, 0.25) is 0 Å². The zero-order valence-electron chi connectivity index (χ0n) is 8.20. The first-order valence-electron chi connectivity index (χ1n) is 4.77. The van der Waals surface area contributed by atoms with Crippen LogP contribution < -0.4 is 5.63 Å². The summed E-state index contributed by atoms with van der Waals surface area (Å²) in [7, 11) is 0. The van der Waals surface area contributed by atoms with Crippen LogP contribution >= 0.6 is 0 Å². The zero-order chi connectivity index (χ0) is 10.4. The van der Waals surface area contributed by atoms with Gasteiger partial charge in [-0.2, -0.15) is 0 Å². The fourth-order valence-electron chi connectivity index (χ4n) is 1.94. The van der Waals surface area contributed by atoms with Crippen molar-refractivity contribution in [3.63, 3.8) is 0 Å². The molecule has 0 aliphatic rings. The van der Waals surface area contributed by atoms with Crippen LogP contribution in [0.1, 0.15) is 5.76 Å². The number of aromatic nitrogens is 1. The zero-order valence-corrected chi connectivity index (χ0v) is 8.20. The summed E-state index contributed by atoms with van der Waals surface area (Å²) in [5, 5.41) is 1.99. The first kappa shape index (κ1) is 8.29. The van der Waals surface area contributed by atoms with Crippen molar-refractivity contribution in [2.45, 2.75) is 6.92 Å². The topological polar surface area (TPSA) is 46.0 Å². The van der Waals surface area contributed by atoms with E-state index in [2.05, 4.69) is 4.98 Å². The first-order valence-corrected chi connectivity index (χ1v) is 4.77. The number of aromatic amines is 1. The van der Waals surface area contributed by atoms with Crippen LogP contribution in [0.25, 0.3) is 21.8 Å². The van der Waals surface area contributed by atoms with Gasteiger partial charge in [0, 0.05) is 22.4 Å². The number of hydrogen-bond acceptors (Lipinski definition) is 2. The molecule has 0 fully saturated rings. The van der Waals surface area contributed by atoms with Gasteiger partial charge < -0.3 is 9.40 Å². The molecule has 0 atom stereocenters. The summed E-state index contributed by atoms with van der Waals surface area (Å²) in [6, 6.07) is 9.43. The molecule has 0 aliphatic heterocycles. The minimum absolute atomic E-state index is 0.301. The molecule has 0 amide bonds. The number of fused-ring (bicyclic) bond motifs is 3. The Morgan fingerprint density at radius 1 is 1.20 bits per heavy atom. The number of aryl methyl sites for hydroxylation is 1. The van der Waals surface area contributed by atoms with Gasteiger partial charge in [-0.05, 0) is 13.0 Å². The smallest absolute Gasteiger partial charge is 0.336 e. The van der Waals surface area contributed by atoms with E-state index < -0.39 is 0 Å². The van der Waals surface area contributed by atoms with Gasteiger partial charge in [0.25, 0.3) is 0 Å². The molecule has 15 heavy (non-hydrogen) atoms. The van der Waals surface area contributed by atoms with Crippen LogP contribution in [0.5, 0.6) is 0 Å². The molecule has 1 aromatic carbocycles. The monoisotopic (exact) mass is 199 g/mol. The predicted octanol–water partition coefficient (Wildman–Crippen LogP) is 2.58. The van der Waals surface area contributed by atoms with Gasteiger partial charge in [0.2, 0.25) is 0 Å². The summed E-state index contributed by atoms with van der Waals surface area (Å²) in [4.78, 5) is 14.5. The Morgan fingerprint density at radius 3 is 2.87 bits per heavy atom. The van der Waals surface area contributed by atoms with E-state index in [1.54, 1.807) is 6.92 Å². The highest BCUT2D eigenvalue weighted by atomic mass is 16.4. The van der Waals surface area contributed by atoms with E-state index in [0.29, 0.717) is 5.76 Å². The van der Waals surface area contributed by atoms with Gasteiger partial charge in [-0.25, -0.2) is 4.79 Å². The lowest BCUT2D eigenvalue weighted by Crippen LogP contribution is -1.96. The van der Waals surface area contributed by atoms with E-state index in [4.69, 9.17) is 4.42 Å². The molecular weight excluding hydrogens is 190 g/mol. The lowest BCUT2D eigenvalue weighted by atomic mass is 10.2. The van der Waals surface area contributed by atoms with Crippen LogP contribution in [-0.4, -0.2) is 4.98 Å². The second-order valence-corrected chi connectivity index (χ2v) is 3.58. The van der Waals surface area contributed by atoms with Gasteiger partial charge in [-0.1, -0.05) is 18.2 Å². The maximum Gasteiger partial charge on any atom is 0.336 e. The highest BCUT2D eigenvalue weighted by Crippen LogP contribution is 2.25. The number of nitrogens with one attached hydrogen (secondary N) is 1. The Labute approximate surface area is 85.3 Å². The largest absolute Gasteiger partial charge is 0.426 e. The summed E-state index contributed by atoms with van der Waals surface area (Å²) >= 11 is 0. The number of hydrogen-bond donors (Lipinski definition) is 1. The van der Waals surface area contributed by atoms with Crippen LogP contribution in [0.15, 0.2) is 39.5 Å². The fourth-order valence-corrected chi connectivity index (χ4v) is 1.94.